The van der Waals surface area contributed by atoms with Gasteiger partial charge in [-0.15, -0.1) is 0 Å². The lowest BCUT2D eigenvalue weighted by atomic mass is 10.0. The smallest absolute Gasteiger partial charge is 0.251 e. The number of nitrogens with zero attached hydrogens (tertiary/aromatic N) is 1. The highest BCUT2D eigenvalue weighted by atomic mass is 19.1. The van der Waals surface area contributed by atoms with Crippen LogP contribution in [0.2, 0.25) is 0 Å². The summed E-state index contributed by atoms with van der Waals surface area (Å²) < 4.78 is 14.2. The minimum Gasteiger partial charge on any atom is -0.354 e. The molecule has 0 radical (unpaired) electrons. The summed E-state index contributed by atoms with van der Waals surface area (Å²) in [5.74, 6) is -1.58. The molecule has 0 fully saturated rings. The minimum atomic E-state index is -1.32. The van der Waals surface area contributed by atoms with Crippen molar-refractivity contribution >= 4 is 11.7 Å². The maximum absolute atomic E-state index is 13.1. The molecule has 0 aliphatic carbocycles. The van der Waals surface area contributed by atoms with Gasteiger partial charge in [-0.25, -0.2) is 4.39 Å². The lowest BCUT2D eigenvalue weighted by molar-refractivity contribution is -0.123. The molecule has 25 heavy (non-hydrogen) atoms. The van der Waals surface area contributed by atoms with E-state index >= 15 is 0 Å². The molecule has 0 aliphatic rings. The van der Waals surface area contributed by atoms with Crippen molar-refractivity contribution in [1.29, 1.82) is 0 Å². The third-order valence-corrected chi connectivity index (χ3v) is 3.82. The van der Waals surface area contributed by atoms with Crippen molar-refractivity contribution < 1.29 is 14.0 Å². The molecule has 1 aromatic carbocycles. The normalized spacial score (nSPS) is 11.8. The molecule has 1 aromatic heterocycles. The second-order valence-electron chi connectivity index (χ2n) is 5.87. The molecule has 1 N–H and O–H groups in total. The van der Waals surface area contributed by atoms with E-state index in [0.717, 1.165) is 35.1 Å². The fourth-order valence-electron chi connectivity index (χ4n) is 2.45. The van der Waals surface area contributed by atoms with Crippen LogP contribution in [0, 0.1) is 12.7 Å². The fourth-order valence-corrected chi connectivity index (χ4v) is 2.45. The molecule has 132 valence electrons. The van der Waals surface area contributed by atoms with Crippen LogP contribution in [0.5, 0.6) is 0 Å². The Bertz CT molecular complexity index is 812. The standard InChI is InChI=1S/C19H21FN2O3/c1-3-4-11-21-19(25)17(22-12-13(2)5-10-16(22)23)18(24)14-6-8-15(20)9-7-14/h5-10,12,17H,3-4,11H2,1-2H3,(H,21,25). The van der Waals surface area contributed by atoms with Gasteiger partial charge in [0.15, 0.2) is 11.8 Å². The number of carbonyl (C=O) groups is 2. The summed E-state index contributed by atoms with van der Waals surface area (Å²) in [5.41, 5.74) is 0.472. The number of aryl methyl sites for hydroxylation is 1. The molecular weight excluding hydrogens is 323 g/mol. The third-order valence-electron chi connectivity index (χ3n) is 3.82. The number of hydrogen-bond donors (Lipinski definition) is 1. The molecule has 1 heterocycles. The van der Waals surface area contributed by atoms with E-state index in [9.17, 15) is 18.8 Å². The average Bonchev–Trinajstić information content (AvgIpc) is 2.59. The Morgan fingerprint density at radius 2 is 1.84 bits per heavy atom. The molecule has 0 spiro atoms. The van der Waals surface area contributed by atoms with E-state index in [4.69, 9.17) is 0 Å². The summed E-state index contributed by atoms with van der Waals surface area (Å²) in [6.45, 7) is 4.17. The number of unbranched alkanes of at least 4 members (excludes halogenated alkanes) is 1. The first-order valence-electron chi connectivity index (χ1n) is 8.20. The molecule has 1 amide bonds. The second kappa shape index (κ2) is 8.37. The van der Waals surface area contributed by atoms with Gasteiger partial charge in [0.2, 0.25) is 0 Å². The van der Waals surface area contributed by atoms with E-state index in [2.05, 4.69) is 5.32 Å². The number of aromatic nitrogens is 1. The van der Waals surface area contributed by atoms with E-state index in [-0.39, 0.29) is 5.56 Å². The minimum absolute atomic E-state index is 0.172. The summed E-state index contributed by atoms with van der Waals surface area (Å²) in [7, 11) is 0. The van der Waals surface area contributed by atoms with E-state index in [1.54, 1.807) is 13.0 Å². The van der Waals surface area contributed by atoms with Crippen LogP contribution in [0.25, 0.3) is 0 Å². The van der Waals surface area contributed by atoms with Crippen molar-refractivity contribution in [1.82, 2.24) is 9.88 Å². The Kier molecular flexibility index (Phi) is 6.22. The van der Waals surface area contributed by atoms with Crippen molar-refractivity contribution in [3.8, 4) is 0 Å². The first kappa shape index (κ1) is 18.6. The molecule has 0 saturated carbocycles. The van der Waals surface area contributed by atoms with Crippen molar-refractivity contribution in [3.63, 3.8) is 0 Å². The summed E-state index contributed by atoms with van der Waals surface area (Å²) >= 11 is 0. The van der Waals surface area contributed by atoms with Gasteiger partial charge in [-0.05, 0) is 43.2 Å². The van der Waals surface area contributed by atoms with Crippen LogP contribution in [-0.4, -0.2) is 22.8 Å². The van der Waals surface area contributed by atoms with Crippen LogP contribution in [0.15, 0.2) is 47.4 Å². The van der Waals surface area contributed by atoms with E-state index in [1.165, 1.54) is 24.4 Å². The summed E-state index contributed by atoms with van der Waals surface area (Å²) in [5, 5.41) is 2.70. The molecular formula is C19H21FN2O3. The zero-order valence-corrected chi connectivity index (χ0v) is 14.3. The lowest BCUT2D eigenvalue weighted by Gasteiger charge is -2.19. The fraction of sp³-hybridized carbons (Fsp3) is 0.316. The number of carbonyl (C=O) groups excluding carboxylic acids is 2. The monoisotopic (exact) mass is 344 g/mol. The first-order valence-corrected chi connectivity index (χ1v) is 8.20. The number of hydrogen-bond acceptors (Lipinski definition) is 3. The maximum Gasteiger partial charge on any atom is 0.251 e. The van der Waals surface area contributed by atoms with Gasteiger partial charge < -0.3 is 5.32 Å². The number of amides is 1. The van der Waals surface area contributed by atoms with E-state index in [1.807, 2.05) is 6.92 Å². The Labute approximate surface area is 145 Å². The molecule has 0 bridgehead atoms. The van der Waals surface area contributed by atoms with E-state index < -0.39 is 29.1 Å². The molecule has 2 rings (SSSR count). The number of rotatable bonds is 7. The van der Waals surface area contributed by atoms with Crippen LogP contribution in [0.4, 0.5) is 4.39 Å². The number of halogens is 1. The predicted octanol–water partition coefficient (Wildman–Crippen LogP) is 2.64. The highest BCUT2D eigenvalue weighted by Crippen LogP contribution is 2.15. The Hall–Kier alpha value is -2.76. The first-order chi connectivity index (χ1) is 11.9. The van der Waals surface area contributed by atoms with Crippen molar-refractivity contribution in [2.45, 2.75) is 32.7 Å². The van der Waals surface area contributed by atoms with Crippen LogP contribution in [0.1, 0.15) is 41.7 Å². The van der Waals surface area contributed by atoms with Gasteiger partial charge in [0.1, 0.15) is 5.82 Å². The van der Waals surface area contributed by atoms with Crippen molar-refractivity contribution in [2.24, 2.45) is 0 Å². The topological polar surface area (TPSA) is 68.2 Å². The highest BCUT2D eigenvalue weighted by Gasteiger charge is 2.30. The maximum atomic E-state index is 13.1. The van der Waals surface area contributed by atoms with Crippen molar-refractivity contribution in [3.05, 3.63) is 69.9 Å². The third kappa shape index (κ3) is 4.62. The van der Waals surface area contributed by atoms with Gasteiger partial charge in [0.05, 0.1) is 0 Å². The van der Waals surface area contributed by atoms with Gasteiger partial charge in [0, 0.05) is 24.4 Å². The molecule has 0 saturated heterocycles. The second-order valence-corrected chi connectivity index (χ2v) is 5.87. The summed E-state index contributed by atoms with van der Waals surface area (Å²) in [6.07, 6.45) is 3.14. The zero-order chi connectivity index (χ0) is 18.4. The summed E-state index contributed by atoms with van der Waals surface area (Å²) in [4.78, 5) is 37.7. The predicted molar refractivity (Wildman–Crippen MR) is 93.1 cm³/mol. The lowest BCUT2D eigenvalue weighted by Crippen LogP contribution is -2.41. The molecule has 6 heteroatoms. The van der Waals surface area contributed by atoms with Crippen LogP contribution < -0.4 is 10.9 Å². The number of Topliss-reactive ketones (excluding diaryl/α,β-unsaturated/α-hetero) is 1. The van der Waals surface area contributed by atoms with Crippen LogP contribution in [-0.2, 0) is 4.79 Å². The molecule has 5 nitrogen and oxygen atoms in total. The number of pyridine rings is 1. The van der Waals surface area contributed by atoms with Crippen LogP contribution >= 0.6 is 0 Å². The quantitative estimate of drug-likeness (QED) is 0.477. The SMILES string of the molecule is CCCCNC(=O)C(C(=O)c1ccc(F)cc1)n1cc(C)ccc1=O. The molecule has 1 atom stereocenters. The van der Waals surface area contributed by atoms with Crippen molar-refractivity contribution in [2.75, 3.05) is 6.54 Å². The van der Waals surface area contributed by atoms with Gasteiger partial charge in [-0.3, -0.25) is 19.0 Å². The Balaban J connectivity index is 2.42. The highest BCUT2D eigenvalue weighted by molar-refractivity contribution is 6.11. The van der Waals surface area contributed by atoms with Gasteiger partial charge in [-0.2, -0.15) is 0 Å². The Morgan fingerprint density at radius 3 is 2.48 bits per heavy atom. The number of nitrogens with one attached hydrogen (secondary N) is 1. The number of ketones is 1. The van der Waals surface area contributed by atoms with Gasteiger partial charge in [0.25, 0.3) is 11.5 Å². The molecule has 0 aliphatic heterocycles. The van der Waals surface area contributed by atoms with E-state index in [0.29, 0.717) is 6.54 Å². The molecule has 2 aromatic rings. The number of benzene rings is 1. The largest absolute Gasteiger partial charge is 0.354 e. The Morgan fingerprint density at radius 1 is 1.16 bits per heavy atom. The molecule has 1 unspecified atom stereocenters. The average molecular weight is 344 g/mol. The van der Waals surface area contributed by atoms with Crippen LogP contribution in [0.3, 0.4) is 0 Å². The zero-order valence-electron chi connectivity index (χ0n) is 14.3. The van der Waals surface area contributed by atoms with Gasteiger partial charge >= 0.3 is 0 Å². The van der Waals surface area contributed by atoms with Gasteiger partial charge in [-0.1, -0.05) is 19.4 Å². The summed E-state index contributed by atoms with van der Waals surface area (Å²) in [6, 6.07) is 6.54.